The number of benzene rings is 4. The molecule has 0 saturated heterocycles. The van der Waals surface area contributed by atoms with E-state index >= 15 is 0 Å². The Morgan fingerprint density at radius 3 is 1.14 bits per heavy atom. The van der Waals surface area contributed by atoms with Crippen molar-refractivity contribution in [2.75, 3.05) is 0 Å². The maximum Gasteiger partial charge on any atom is 0.411 e. The second-order valence-corrected chi connectivity index (χ2v) is 8.12. The van der Waals surface area contributed by atoms with Crippen LogP contribution in [-0.4, -0.2) is 12.4 Å². The normalized spacial score (nSPS) is 12.3. The van der Waals surface area contributed by atoms with Gasteiger partial charge < -0.3 is 9.47 Å². The Balaban J connectivity index is 1.73. The van der Waals surface area contributed by atoms with Gasteiger partial charge in [0.05, 0.1) is 0 Å². The lowest BCUT2D eigenvalue weighted by Crippen LogP contribution is -2.54. The van der Waals surface area contributed by atoms with Gasteiger partial charge in [-0.2, -0.15) is 26.3 Å². The highest BCUT2D eigenvalue weighted by Crippen LogP contribution is 2.56. The summed E-state index contributed by atoms with van der Waals surface area (Å²) in [6.07, 6.45) is -11.4. The van der Waals surface area contributed by atoms with Crippen LogP contribution < -0.4 is 9.47 Å². The fraction of sp³-hybridized carbons (Fsp3) is 0.143. The van der Waals surface area contributed by atoms with E-state index in [9.17, 15) is 26.3 Å². The van der Waals surface area contributed by atoms with Gasteiger partial charge in [-0.1, -0.05) is 60.2 Å². The average molecular weight is 502 g/mol. The van der Waals surface area contributed by atoms with Gasteiger partial charge in [-0.25, -0.2) is 0 Å². The zero-order valence-electron chi connectivity index (χ0n) is 18.9. The molecule has 4 aromatic rings. The molecule has 4 rings (SSSR count). The number of para-hydroxylation sites is 1. The van der Waals surface area contributed by atoms with Gasteiger partial charge in [0.25, 0.3) is 0 Å². The first-order valence-corrected chi connectivity index (χ1v) is 10.8. The molecule has 0 saturated carbocycles. The van der Waals surface area contributed by atoms with Crippen LogP contribution in [0.4, 0.5) is 26.3 Å². The molecular weight excluding hydrogens is 482 g/mol. The van der Waals surface area contributed by atoms with Gasteiger partial charge in [-0.05, 0) is 66.6 Å². The van der Waals surface area contributed by atoms with Crippen LogP contribution in [0.2, 0.25) is 0 Å². The number of rotatable bonds is 6. The molecule has 0 aliphatic heterocycles. The highest BCUT2D eigenvalue weighted by atomic mass is 19.4. The summed E-state index contributed by atoms with van der Waals surface area (Å²) in [5.41, 5.74) is -5.24. The molecule has 0 bridgehead atoms. The molecule has 0 unspecified atom stereocenters. The van der Waals surface area contributed by atoms with Crippen LogP contribution in [0.25, 0.3) is 0 Å². The van der Waals surface area contributed by atoms with Gasteiger partial charge in [0, 0.05) is 0 Å². The molecule has 0 radical (unpaired) electrons. The highest BCUT2D eigenvalue weighted by molar-refractivity contribution is 5.48. The first kappa shape index (κ1) is 25.2. The molecule has 0 aromatic heterocycles. The Kier molecular flexibility index (Phi) is 6.71. The summed E-state index contributed by atoms with van der Waals surface area (Å²) in [5, 5.41) is 0. The molecule has 0 aliphatic carbocycles. The van der Waals surface area contributed by atoms with Crippen molar-refractivity contribution < 1.29 is 35.8 Å². The van der Waals surface area contributed by atoms with Crippen LogP contribution in [0.5, 0.6) is 23.0 Å². The summed E-state index contributed by atoms with van der Waals surface area (Å²) in [5.74, 6) is 1.00. The molecule has 0 heterocycles. The number of halogens is 6. The van der Waals surface area contributed by atoms with Crippen molar-refractivity contribution in [1.82, 2.24) is 0 Å². The van der Waals surface area contributed by atoms with E-state index in [0.29, 0.717) is 11.5 Å². The first-order chi connectivity index (χ1) is 17.0. The van der Waals surface area contributed by atoms with E-state index in [4.69, 9.17) is 9.47 Å². The number of hydrogen-bond donors (Lipinski definition) is 0. The van der Waals surface area contributed by atoms with Crippen molar-refractivity contribution in [1.29, 1.82) is 0 Å². The smallest absolute Gasteiger partial charge is 0.411 e. The third kappa shape index (κ3) is 4.89. The second kappa shape index (κ2) is 9.60. The van der Waals surface area contributed by atoms with E-state index in [1.165, 1.54) is 0 Å². The monoisotopic (exact) mass is 502 g/mol. The molecule has 2 nitrogen and oxygen atoms in total. The van der Waals surface area contributed by atoms with Gasteiger partial charge >= 0.3 is 12.4 Å². The standard InChI is InChI=1S/C28H20F6O2/c1-19-7-13-23(14-8-19)36-25-17-11-21(12-18-25)26(27(29,30)31,28(32,33)34)20-9-15-24(16-10-20)35-22-5-3-2-4-6-22/h2-18H,1H3. The van der Waals surface area contributed by atoms with E-state index in [2.05, 4.69) is 0 Å². The molecule has 0 spiro atoms. The van der Waals surface area contributed by atoms with Crippen LogP contribution in [0, 0.1) is 6.92 Å². The minimum Gasteiger partial charge on any atom is -0.457 e. The first-order valence-electron chi connectivity index (χ1n) is 10.8. The topological polar surface area (TPSA) is 18.5 Å². The number of ether oxygens (including phenoxy) is 2. The van der Waals surface area contributed by atoms with Crippen LogP contribution >= 0.6 is 0 Å². The van der Waals surface area contributed by atoms with E-state index < -0.39 is 28.9 Å². The average Bonchev–Trinajstić information content (AvgIpc) is 2.82. The molecule has 0 fully saturated rings. The third-order valence-corrected chi connectivity index (χ3v) is 5.66. The van der Waals surface area contributed by atoms with Gasteiger partial charge in [0.15, 0.2) is 0 Å². The largest absolute Gasteiger partial charge is 0.457 e. The fourth-order valence-electron chi connectivity index (χ4n) is 3.90. The Morgan fingerprint density at radius 2 is 0.778 bits per heavy atom. The minimum absolute atomic E-state index is 0.102. The molecule has 0 aliphatic rings. The minimum atomic E-state index is -5.69. The predicted octanol–water partition coefficient (Wildman–Crippen LogP) is 8.99. The molecular formula is C28H20F6O2. The highest BCUT2D eigenvalue weighted by Gasteiger charge is 2.72. The quantitative estimate of drug-likeness (QED) is 0.245. The number of alkyl halides is 6. The van der Waals surface area contributed by atoms with Crippen LogP contribution in [-0.2, 0) is 5.41 Å². The maximum atomic E-state index is 14.4. The molecule has 8 heteroatoms. The van der Waals surface area contributed by atoms with Gasteiger partial charge in [0.1, 0.15) is 23.0 Å². The molecule has 0 N–H and O–H groups in total. The lowest BCUT2D eigenvalue weighted by molar-refractivity contribution is -0.288. The maximum absolute atomic E-state index is 14.4. The lowest BCUT2D eigenvalue weighted by Gasteiger charge is -2.38. The van der Waals surface area contributed by atoms with E-state index in [0.717, 1.165) is 54.1 Å². The summed E-state index contributed by atoms with van der Waals surface area (Å²) in [7, 11) is 0. The Labute approximate surface area is 203 Å². The van der Waals surface area contributed by atoms with Gasteiger partial charge in [-0.15, -0.1) is 0 Å². The summed E-state index contributed by atoms with van der Waals surface area (Å²) in [6, 6.07) is 22.7. The van der Waals surface area contributed by atoms with Crippen molar-refractivity contribution in [2.45, 2.75) is 24.7 Å². The van der Waals surface area contributed by atoms with Crippen molar-refractivity contribution in [3.8, 4) is 23.0 Å². The Bertz CT molecular complexity index is 1260. The van der Waals surface area contributed by atoms with Gasteiger partial charge in [0.2, 0.25) is 5.41 Å². The van der Waals surface area contributed by atoms with E-state index in [-0.39, 0.29) is 11.5 Å². The summed E-state index contributed by atoms with van der Waals surface area (Å²) in [4.78, 5) is 0. The summed E-state index contributed by atoms with van der Waals surface area (Å²) >= 11 is 0. The SMILES string of the molecule is Cc1ccc(Oc2ccc(C(c3ccc(Oc4ccccc4)cc3)(C(F)(F)F)C(F)(F)F)cc2)cc1. The second-order valence-electron chi connectivity index (χ2n) is 8.12. The number of aryl methyl sites for hydroxylation is 1. The van der Waals surface area contributed by atoms with Crippen molar-refractivity contribution in [3.63, 3.8) is 0 Å². The molecule has 0 atom stereocenters. The summed E-state index contributed by atoms with van der Waals surface area (Å²) < 4.78 is 97.5. The molecule has 4 aromatic carbocycles. The van der Waals surface area contributed by atoms with E-state index in [1.807, 2.05) is 6.92 Å². The molecule has 0 amide bonds. The predicted molar refractivity (Wildman–Crippen MR) is 124 cm³/mol. The Morgan fingerprint density at radius 1 is 0.444 bits per heavy atom. The fourth-order valence-corrected chi connectivity index (χ4v) is 3.90. The molecule has 186 valence electrons. The van der Waals surface area contributed by atoms with Crippen molar-refractivity contribution in [2.24, 2.45) is 0 Å². The lowest BCUT2D eigenvalue weighted by atomic mass is 9.73. The van der Waals surface area contributed by atoms with Crippen LogP contribution in [0.1, 0.15) is 16.7 Å². The van der Waals surface area contributed by atoms with E-state index in [1.54, 1.807) is 54.6 Å². The van der Waals surface area contributed by atoms with Crippen LogP contribution in [0.3, 0.4) is 0 Å². The van der Waals surface area contributed by atoms with Crippen molar-refractivity contribution in [3.05, 3.63) is 120 Å². The molecule has 36 heavy (non-hydrogen) atoms. The Hall–Kier alpha value is -3.94. The van der Waals surface area contributed by atoms with Crippen molar-refractivity contribution >= 4 is 0 Å². The summed E-state index contributed by atoms with van der Waals surface area (Å²) in [6.45, 7) is 1.87. The zero-order chi connectivity index (χ0) is 26.0. The zero-order valence-corrected chi connectivity index (χ0v) is 18.9. The van der Waals surface area contributed by atoms with Gasteiger partial charge in [-0.3, -0.25) is 0 Å². The third-order valence-electron chi connectivity index (χ3n) is 5.66. The van der Waals surface area contributed by atoms with Crippen LogP contribution in [0.15, 0.2) is 103 Å². The number of hydrogen-bond acceptors (Lipinski definition) is 2.